The van der Waals surface area contributed by atoms with E-state index in [1.54, 1.807) is 0 Å². The number of hydrogen-bond donors (Lipinski definition) is 1. The Morgan fingerprint density at radius 1 is 1.19 bits per heavy atom. The SMILES string of the molecule is CCC(C)C(NC)C(C)(C)c1ccccc1. The van der Waals surface area contributed by atoms with E-state index in [1.807, 2.05) is 0 Å². The van der Waals surface area contributed by atoms with Crippen molar-refractivity contribution in [1.82, 2.24) is 5.32 Å². The van der Waals surface area contributed by atoms with Gasteiger partial charge in [-0.1, -0.05) is 64.4 Å². The van der Waals surface area contributed by atoms with Gasteiger partial charge in [0, 0.05) is 11.5 Å². The molecular formula is C15H25N. The number of hydrogen-bond acceptors (Lipinski definition) is 1. The molecule has 0 spiro atoms. The van der Waals surface area contributed by atoms with Crippen molar-refractivity contribution in [3.8, 4) is 0 Å². The van der Waals surface area contributed by atoms with Gasteiger partial charge in [-0.05, 0) is 18.5 Å². The minimum absolute atomic E-state index is 0.172. The first kappa shape index (κ1) is 13.2. The summed E-state index contributed by atoms with van der Waals surface area (Å²) in [5.74, 6) is 0.681. The smallest absolute Gasteiger partial charge is 0.0181 e. The standard InChI is InChI=1S/C15H25N/c1-6-12(2)14(16-5)15(3,4)13-10-8-7-9-11-13/h7-12,14,16H,6H2,1-5H3. The van der Waals surface area contributed by atoms with Crippen LogP contribution in [0.3, 0.4) is 0 Å². The zero-order valence-electron chi connectivity index (χ0n) is 11.2. The molecule has 1 rings (SSSR count). The molecule has 0 bridgehead atoms. The zero-order valence-corrected chi connectivity index (χ0v) is 11.2. The molecule has 1 N–H and O–H groups in total. The molecule has 0 saturated heterocycles. The minimum atomic E-state index is 0.172. The van der Waals surface area contributed by atoms with Gasteiger partial charge in [0.1, 0.15) is 0 Å². The van der Waals surface area contributed by atoms with Crippen LogP contribution in [0.15, 0.2) is 30.3 Å². The molecule has 1 heteroatoms. The Hall–Kier alpha value is -0.820. The molecule has 0 saturated carbocycles. The van der Waals surface area contributed by atoms with Gasteiger partial charge in [-0.2, -0.15) is 0 Å². The molecule has 0 aliphatic heterocycles. The van der Waals surface area contributed by atoms with Crippen LogP contribution in [0.5, 0.6) is 0 Å². The number of likely N-dealkylation sites (N-methyl/N-ethyl adjacent to an activating group) is 1. The lowest BCUT2D eigenvalue weighted by molar-refractivity contribution is 0.265. The fourth-order valence-corrected chi connectivity index (χ4v) is 2.64. The quantitative estimate of drug-likeness (QED) is 0.798. The first-order chi connectivity index (χ1) is 7.54. The van der Waals surface area contributed by atoms with Crippen molar-refractivity contribution in [1.29, 1.82) is 0 Å². The third kappa shape index (κ3) is 2.65. The van der Waals surface area contributed by atoms with Gasteiger partial charge in [0.15, 0.2) is 0 Å². The molecule has 2 atom stereocenters. The highest BCUT2D eigenvalue weighted by molar-refractivity contribution is 5.26. The van der Waals surface area contributed by atoms with Crippen LogP contribution < -0.4 is 5.32 Å². The van der Waals surface area contributed by atoms with Gasteiger partial charge < -0.3 is 5.32 Å². The lowest BCUT2D eigenvalue weighted by Crippen LogP contribution is -2.47. The van der Waals surface area contributed by atoms with Crippen LogP contribution in [0, 0.1) is 5.92 Å². The van der Waals surface area contributed by atoms with Crippen LogP contribution in [-0.4, -0.2) is 13.1 Å². The summed E-state index contributed by atoms with van der Waals surface area (Å²) in [6.45, 7) is 9.24. The van der Waals surface area contributed by atoms with E-state index < -0.39 is 0 Å². The van der Waals surface area contributed by atoms with E-state index in [2.05, 4.69) is 70.4 Å². The van der Waals surface area contributed by atoms with Crippen LogP contribution in [0.1, 0.15) is 39.7 Å². The van der Waals surface area contributed by atoms with E-state index in [4.69, 9.17) is 0 Å². The highest BCUT2D eigenvalue weighted by Crippen LogP contribution is 2.31. The molecule has 0 aliphatic rings. The van der Waals surface area contributed by atoms with Gasteiger partial charge in [0.2, 0.25) is 0 Å². The van der Waals surface area contributed by atoms with Gasteiger partial charge in [-0.15, -0.1) is 0 Å². The van der Waals surface area contributed by atoms with Crippen molar-refractivity contribution >= 4 is 0 Å². The summed E-state index contributed by atoms with van der Waals surface area (Å²) in [5, 5.41) is 3.49. The van der Waals surface area contributed by atoms with Crippen molar-refractivity contribution < 1.29 is 0 Å². The molecule has 0 aromatic heterocycles. The lowest BCUT2D eigenvalue weighted by Gasteiger charge is -2.38. The minimum Gasteiger partial charge on any atom is -0.316 e. The van der Waals surface area contributed by atoms with E-state index in [-0.39, 0.29) is 5.41 Å². The van der Waals surface area contributed by atoms with E-state index in [0.717, 1.165) is 0 Å². The van der Waals surface area contributed by atoms with Crippen molar-refractivity contribution in [3.63, 3.8) is 0 Å². The highest BCUT2D eigenvalue weighted by atomic mass is 14.9. The zero-order chi connectivity index (χ0) is 12.2. The van der Waals surface area contributed by atoms with Gasteiger partial charge >= 0.3 is 0 Å². The summed E-state index contributed by atoms with van der Waals surface area (Å²) in [6.07, 6.45) is 1.21. The molecule has 90 valence electrons. The molecule has 0 fully saturated rings. The maximum absolute atomic E-state index is 3.49. The topological polar surface area (TPSA) is 12.0 Å². The number of nitrogens with one attached hydrogen (secondary N) is 1. The summed E-state index contributed by atoms with van der Waals surface area (Å²) in [5.41, 5.74) is 1.58. The molecule has 1 aromatic carbocycles. The number of rotatable bonds is 5. The monoisotopic (exact) mass is 219 g/mol. The summed E-state index contributed by atoms with van der Waals surface area (Å²) in [6, 6.07) is 11.3. The second kappa shape index (κ2) is 5.49. The Bertz CT molecular complexity index is 302. The Balaban J connectivity index is 2.99. The molecule has 0 aliphatic carbocycles. The largest absolute Gasteiger partial charge is 0.316 e. The van der Waals surface area contributed by atoms with E-state index in [1.165, 1.54) is 12.0 Å². The predicted octanol–water partition coefficient (Wildman–Crippen LogP) is 3.60. The normalized spacial score (nSPS) is 15.8. The summed E-state index contributed by atoms with van der Waals surface area (Å²) in [7, 11) is 2.07. The average Bonchev–Trinajstić information content (AvgIpc) is 2.30. The van der Waals surface area contributed by atoms with Crippen molar-refractivity contribution in [2.24, 2.45) is 5.92 Å². The van der Waals surface area contributed by atoms with Crippen LogP contribution in [0.25, 0.3) is 0 Å². The van der Waals surface area contributed by atoms with Crippen molar-refractivity contribution in [3.05, 3.63) is 35.9 Å². The van der Waals surface area contributed by atoms with Gasteiger partial charge in [-0.3, -0.25) is 0 Å². The third-order valence-corrected chi connectivity index (χ3v) is 3.82. The van der Waals surface area contributed by atoms with E-state index >= 15 is 0 Å². The molecule has 0 heterocycles. The van der Waals surface area contributed by atoms with E-state index in [0.29, 0.717) is 12.0 Å². The second-order valence-corrected chi connectivity index (χ2v) is 5.24. The summed E-state index contributed by atoms with van der Waals surface area (Å²) in [4.78, 5) is 0. The van der Waals surface area contributed by atoms with Gasteiger partial charge in [-0.25, -0.2) is 0 Å². The van der Waals surface area contributed by atoms with Crippen LogP contribution in [0.4, 0.5) is 0 Å². The summed E-state index contributed by atoms with van der Waals surface area (Å²) < 4.78 is 0. The average molecular weight is 219 g/mol. The van der Waals surface area contributed by atoms with Crippen molar-refractivity contribution in [2.75, 3.05) is 7.05 Å². The maximum Gasteiger partial charge on any atom is 0.0181 e. The molecule has 2 unspecified atom stereocenters. The lowest BCUT2D eigenvalue weighted by atomic mass is 9.72. The van der Waals surface area contributed by atoms with Gasteiger partial charge in [0.05, 0.1) is 0 Å². The van der Waals surface area contributed by atoms with Crippen molar-refractivity contribution in [2.45, 2.75) is 45.6 Å². The maximum atomic E-state index is 3.49. The number of benzene rings is 1. The van der Waals surface area contributed by atoms with Crippen LogP contribution >= 0.6 is 0 Å². The molecule has 16 heavy (non-hydrogen) atoms. The summed E-state index contributed by atoms with van der Waals surface area (Å²) >= 11 is 0. The molecule has 1 nitrogen and oxygen atoms in total. The fourth-order valence-electron chi connectivity index (χ4n) is 2.64. The Labute approximate surface area is 100 Å². The van der Waals surface area contributed by atoms with Gasteiger partial charge in [0.25, 0.3) is 0 Å². The first-order valence-electron chi connectivity index (χ1n) is 6.26. The Morgan fingerprint density at radius 2 is 1.75 bits per heavy atom. The predicted molar refractivity (Wildman–Crippen MR) is 71.8 cm³/mol. The molecular weight excluding hydrogens is 194 g/mol. The van der Waals surface area contributed by atoms with Crippen LogP contribution in [0.2, 0.25) is 0 Å². The fraction of sp³-hybridized carbons (Fsp3) is 0.600. The third-order valence-electron chi connectivity index (χ3n) is 3.82. The molecule has 0 radical (unpaired) electrons. The molecule has 0 amide bonds. The van der Waals surface area contributed by atoms with Crippen LogP contribution in [-0.2, 0) is 5.41 Å². The Morgan fingerprint density at radius 3 is 2.19 bits per heavy atom. The highest BCUT2D eigenvalue weighted by Gasteiger charge is 2.32. The first-order valence-corrected chi connectivity index (χ1v) is 6.26. The van der Waals surface area contributed by atoms with E-state index in [9.17, 15) is 0 Å². The second-order valence-electron chi connectivity index (χ2n) is 5.24. The molecule has 1 aromatic rings. The Kier molecular flexibility index (Phi) is 4.55.